The van der Waals surface area contributed by atoms with Gasteiger partial charge in [0.2, 0.25) is 0 Å². The molecule has 0 amide bonds. The first-order valence-corrected chi connectivity index (χ1v) is 6.40. The Morgan fingerprint density at radius 2 is 2.17 bits per heavy atom. The molecule has 0 aromatic heterocycles. The van der Waals surface area contributed by atoms with Crippen LogP contribution < -0.4 is 5.73 Å². The van der Waals surface area contributed by atoms with E-state index in [1.165, 1.54) is 12.1 Å². The molecule has 1 aromatic carbocycles. The second kappa shape index (κ2) is 7.41. The minimum absolute atomic E-state index is 0.101. The maximum Gasteiger partial charge on any atom is 0.123 e. The molecule has 0 radical (unpaired) electrons. The lowest BCUT2D eigenvalue weighted by molar-refractivity contribution is 0.190. The van der Waals surface area contributed by atoms with E-state index in [1.807, 2.05) is 0 Å². The molecule has 0 aliphatic carbocycles. The number of nitrogens with two attached hydrogens (primary N) is 1. The van der Waals surface area contributed by atoms with Crippen molar-refractivity contribution in [3.05, 3.63) is 35.1 Å². The van der Waals surface area contributed by atoms with Crippen LogP contribution >= 0.6 is 12.2 Å². The summed E-state index contributed by atoms with van der Waals surface area (Å²) in [6, 6.07) is 4.46. The van der Waals surface area contributed by atoms with Crippen LogP contribution in [0.2, 0.25) is 0 Å². The van der Waals surface area contributed by atoms with Crippen LogP contribution in [0.1, 0.15) is 24.5 Å². The Bertz CT molecular complexity index is 406. The molecular weight excluding hydrogens is 251 g/mol. The monoisotopic (exact) mass is 270 g/mol. The maximum absolute atomic E-state index is 13.2. The zero-order valence-electron chi connectivity index (χ0n) is 10.5. The van der Waals surface area contributed by atoms with E-state index in [2.05, 4.69) is 11.8 Å². The highest BCUT2D eigenvalue weighted by atomic mass is 32.1. The minimum Gasteiger partial charge on any atom is -0.395 e. The number of benzene rings is 1. The topological polar surface area (TPSA) is 49.5 Å². The summed E-state index contributed by atoms with van der Waals surface area (Å²) >= 11 is 4.93. The van der Waals surface area contributed by atoms with Crippen LogP contribution in [0, 0.1) is 5.82 Å². The van der Waals surface area contributed by atoms with Crippen LogP contribution in [0.25, 0.3) is 0 Å². The van der Waals surface area contributed by atoms with E-state index in [0.717, 1.165) is 18.5 Å². The van der Waals surface area contributed by atoms with Gasteiger partial charge in [-0.25, -0.2) is 4.39 Å². The molecule has 1 rings (SSSR count). The highest BCUT2D eigenvalue weighted by Crippen LogP contribution is 2.14. The van der Waals surface area contributed by atoms with Crippen molar-refractivity contribution in [2.45, 2.75) is 19.9 Å². The second-order valence-electron chi connectivity index (χ2n) is 4.17. The molecule has 0 saturated heterocycles. The third-order valence-corrected chi connectivity index (χ3v) is 2.91. The molecule has 0 aliphatic heterocycles. The van der Waals surface area contributed by atoms with Gasteiger partial charge >= 0.3 is 0 Å². The van der Waals surface area contributed by atoms with Gasteiger partial charge < -0.3 is 10.8 Å². The number of rotatable bonds is 7. The van der Waals surface area contributed by atoms with Crippen LogP contribution in [0.5, 0.6) is 0 Å². The van der Waals surface area contributed by atoms with Crippen LogP contribution in [0.15, 0.2) is 18.2 Å². The molecule has 18 heavy (non-hydrogen) atoms. The fourth-order valence-electron chi connectivity index (χ4n) is 1.88. The SMILES string of the molecule is CCCN(CCO)Cc1ccc(F)cc1C(N)=S. The number of halogens is 1. The third kappa shape index (κ3) is 4.33. The smallest absolute Gasteiger partial charge is 0.123 e. The lowest BCUT2D eigenvalue weighted by Gasteiger charge is -2.22. The van der Waals surface area contributed by atoms with Crippen LogP contribution in [-0.2, 0) is 6.54 Å². The normalized spacial score (nSPS) is 10.9. The summed E-state index contributed by atoms with van der Waals surface area (Å²) in [6.45, 7) is 4.24. The summed E-state index contributed by atoms with van der Waals surface area (Å²) < 4.78 is 13.2. The first-order valence-electron chi connectivity index (χ1n) is 6.00. The Balaban J connectivity index is 2.90. The van der Waals surface area contributed by atoms with Crippen molar-refractivity contribution >= 4 is 17.2 Å². The number of hydrogen-bond donors (Lipinski definition) is 2. The molecule has 0 bridgehead atoms. The second-order valence-corrected chi connectivity index (χ2v) is 4.61. The lowest BCUT2D eigenvalue weighted by Crippen LogP contribution is -2.28. The first kappa shape index (κ1) is 15.0. The van der Waals surface area contributed by atoms with E-state index in [4.69, 9.17) is 23.1 Å². The fraction of sp³-hybridized carbons (Fsp3) is 0.462. The van der Waals surface area contributed by atoms with E-state index in [9.17, 15) is 4.39 Å². The molecule has 1 aromatic rings. The molecule has 0 saturated carbocycles. The zero-order valence-corrected chi connectivity index (χ0v) is 11.3. The highest BCUT2D eigenvalue weighted by Gasteiger charge is 2.11. The van der Waals surface area contributed by atoms with E-state index in [0.29, 0.717) is 18.7 Å². The number of hydrogen-bond acceptors (Lipinski definition) is 3. The highest BCUT2D eigenvalue weighted by molar-refractivity contribution is 7.80. The molecule has 3 N–H and O–H groups in total. The van der Waals surface area contributed by atoms with Crippen LogP contribution in [-0.4, -0.2) is 34.7 Å². The minimum atomic E-state index is -0.342. The molecule has 0 heterocycles. The molecule has 3 nitrogen and oxygen atoms in total. The largest absolute Gasteiger partial charge is 0.395 e. The third-order valence-electron chi connectivity index (χ3n) is 2.69. The van der Waals surface area contributed by atoms with Crippen molar-refractivity contribution in [1.29, 1.82) is 0 Å². The number of thiocarbonyl (C=S) groups is 1. The molecule has 0 atom stereocenters. The van der Waals surface area contributed by atoms with Gasteiger partial charge in [0.05, 0.1) is 6.61 Å². The molecule has 0 aliphatic rings. The summed E-state index contributed by atoms with van der Waals surface area (Å²) in [5, 5.41) is 9.01. The standard InChI is InChI=1S/C13H19FN2OS/c1-2-5-16(6-7-17)9-10-3-4-11(14)8-12(10)13(15)18/h3-4,8,17H,2,5-7,9H2,1H3,(H2,15,18). The summed E-state index contributed by atoms with van der Waals surface area (Å²) in [5.41, 5.74) is 7.07. The van der Waals surface area contributed by atoms with Gasteiger partial charge in [-0.1, -0.05) is 25.2 Å². The molecular formula is C13H19FN2OS. The predicted octanol–water partition coefficient (Wildman–Crippen LogP) is 1.66. The fourth-order valence-corrected chi connectivity index (χ4v) is 2.07. The first-order chi connectivity index (χ1) is 8.58. The Kier molecular flexibility index (Phi) is 6.18. The van der Waals surface area contributed by atoms with Gasteiger partial charge in [-0.3, -0.25) is 4.90 Å². The molecule has 100 valence electrons. The van der Waals surface area contributed by atoms with Crippen molar-refractivity contribution in [2.75, 3.05) is 19.7 Å². The molecule has 0 spiro atoms. The van der Waals surface area contributed by atoms with Gasteiger partial charge in [-0.05, 0) is 30.7 Å². The van der Waals surface area contributed by atoms with E-state index in [-0.39, 0.29) is 17.4 Å². The van der Waals surface area contributed by atoms with Crippen molar-refractivity contribution in [3.8, 4) is 0 Å². The Labute approximate surface area is 112 Å². The van der Waals surface area contributed by atoms with Gasteiger partial charge in [-0.2, -0.15) is 0 Å². The summed E-state index contributed by atoms with van der Waals surface area (Å²) in [5.74, 6) is -0.342. The molecule has 0 unspecified atom stereocenters. The van der Waals surface area contributed by atoms with Crippen LogP contribution in [0.4, 0.5) is 4.39 Å². The van der Waals surface area contributed by atoms with Gasteiger partial charge in [-0.15, -0.1) is 0 Å². The van der Waals surface area contributed by atoms with E-state index in [1.54, 1.807) is 6.07 Å². The van der Waals surface area contributed by atoms with Gasteiger partial charge in [0.25, 0.3) is 0 Å². The number of aliphatic hydroxyl groups excluding tert-OH is 1. The van der Waals surface area contributed by atoms with Gasteiger partial charge in [0.15, 0.2) is 0 Å². The Morgan fingerprint density at radius 3 is 2.72 bits per heavy atom. The average Bonchev–Trinajstić information content (AvgIpc) is 2.32. The summed E-state index contributed by atoms with van der Waals surface area (Å²) in [6.07, 6.45) is 0.990. The van der Waals surface area contributed by atoms with Crippen molar-refractivity contribution in [2.24, 2.45) is 5.73 Å². The summed E-state index contributed by atoms with van der Waals surface area (Å²) in [4.78, 5) is 2.29. The average molecular weight is 270 g/mol. The van der Waals surface area contributed by atoms with E-state index >= 15 is 0 Å². The maximum atomic E-state index is 13.2. The van der Waals surface area contributed by atoms with Crippen molar-refractivity contribution in [1.82, 2.24) is 4.90 Å². The van der Waals surface area contributed by atoms with E-state index < -0.39 is 0 Å². The predicted molar refractivity (Wildman–Crippen MR) is 74.9 cm³/mol. The Hall–Kier alpha value is -1.04. The quantitative estimate of drug-likeness (QED) is 0.740. The van der Waals surface area contributed by atoms with Gasteiger partial charge in [0.1, 0.15) is 10.8 Å². The van der Waals surface area contributed by atoms with Crippen LogP contribution in [0.3, 0.4) is 0 Å². The Morgan fingerprint density at radius 1 is 1.44 bits per heavy atom. The molecule has 5 heteroatoms. The van der Waals surface area contributed by atoms with Crippen molar-refractivity contribution in [3.63, 3.8) is 0 Å². The zero-order chi connectivity index (χ0) is 13.5. The van der Waals surface area contributed by atoms with Crippen molar-refractivity contribution < 1.29 is 9.50 Å². The lowest BCUT2D eigenvalue weighted by atomic mass is 10.1. The number of aliphatic hydroxyl groups is 1. The van der Waals surface area contributed by atoms with Gasteiger partial charge in [0, 0.05) is 18.7 Å². The molecule has 0 fully saturated rings. The summed E-state index contributed by atoms with van der Waals surface area (Å²) in [7, 11) is 0. The number of nitrogens with zero attached hydrogens (tertiary/aromatic N) is 1.